The zero-order valence-corrected chi connectivity index (χ0v) is 15.3. The van der Waals surface area contributed by atoms with Crippen LogP contribution in [0.25, 0.3) is 0 Å². The fourth-order valence-electron chi connectivity index (χ4n) is 3.51. The maximum absolute atomic E-state index is 13.0. The van der Waals surface area contributed by atoms with E-state index in [0.29, 0.717) is 25.9 Å². The summed E-state index contributed by atoms with van der Waals surface area (Å²) in [4.78, 5) is 27.1. The van der Waals surface area contributed by atoms with Gasteiger partial charge in [-0.15, -0.1) is 0 Å². The van der Waals surface area contributed by atoms with Gasteiger partial charge in [-0.05, 0) is 32.8 Å². The van der Waals surface area contributed by atoms with Crippen LogP contribution in [0.5, 0.6) is 0 Å². The van der Waals surface area contributed by atoms with Crippen LogP contribution in [0.4, 0.5) is 4.79 Å². The summed E-state index contributed by atoms with van der Waals surface area (Å²) in [5, 5.41) is 5.86. The van der Waals surface area contributed by atoms with E-state index in [1.54, 1.807) is 11.9 Å². The van der Waals surface area contributed by atoms with E-state index in [2.05, 4.69) is 5.10 Å². The van der Waals surface area contributed by atoms with Crippen molar-refractivity contribution in [3.63, 3.8) is 0 Å². The molecular weight excluding hydrogens is 318 g/mol. The highest BCUT2D eigenvalue weighted by molar-refractivity contribution is 6.13. The number of hydrazone groups is 1. The molecule has 1 atom stereocenters. The van der Waals surface area contributed by atoms with Gasteiger partial charge in [0.2, 0.25) is 0 Å². The zero-order chi connectivity index (χ0) is 18.2. The van der Waals surface area contributed by atoms with Gasteiger partial charge in [0.1, 0.15) is 11.0 Å². The third-order valence-corrected chi connectivity index (χ3v) is 4.61. The number of hydrogen-bond acceptors (Lipinski definition) is 4. The van der Waals surface area contributed by atoms with Crippen LogP contribution in [-0.2, 0) is 16.0 Å². The molecule has 1 fully saturated rings. The minimum absolute atomic E-state index is 0.0559. The molecule has 0 unspecified atom stereocenters. The molecule has 6 heteroatoms. The second-order valence-electron chi connectivity index (χ2n) is 7.77. The number of benzene rings is 1. The summed E-state index contributed by atoms with van der Waals surface area (Å²) in [6, 6.07) is 9.88. The Bertz CT molecular complexity index is 708. The Kier molecular flexibility index (Phi) is 4.31. The van der Waals surface area contributed by atoms with Crippen LogP contribution in [0.1, 0.15) is 32.8 Å². The Morgan fingerprint density at radius 1 is 1.28 bits per heavy atom. The molecule has 1 saturated heterocycles. The molecule has 2 heterocycles. The number of carbonyl (C=O) groups is 2. The Hall–Kier alpha value is -2.37. The molecule has 2 aliphatic rings. The molecule has 0 saturated carbocycles. The molecule has 0 spiro atoms. The van der Waals surface area contributed by atoms with Crippen LogP contribution in [0.3, 0.4) is 0 Å². The summed E-state index contributed by atoms with van der Waals surface area (Å²) < 4.78 is 5.51. The lowest BCUT2D eigenvalue weighted by atomic mass is 9.73. The van der Waals surface area contributed by atoms with Gasteiger partial charge in [-0.2, -0.15) is 5.10 Å². The minimum atomic E-state index is -0.786. The number of likely N-dealkylation sites (tertiary alicyclic amines) is 1. The predicted molar refractivity (Wildman–Crippen MR) is 95.2 cm³/mol. The van der Waals surface area contributed by atoms with Gasteiger partial charge in [0.05, 0.1) is 5.71 Å². The van der Waals surface area contributed by atoms with Crippen molar-refractivity contribution in [1.82, 2.24) is 9.91 Å². The topological polar surface area (TPSA) is 62.2 Å². The first-order chi connectivity index (χ1) is 11.7. The maximum atomic E-state index is 13.0. The van der Waals surface area contributed by atoms with Crippen molar-refractivity contribution in [2.75, 3.05) is 20.1 Å². The van der Waals surface area contributed by atoms with Crippen molar-refractivity contribution < 1.29 is 14.3 Å². The molecule has 2 amide bonds. The zero-order valence-electron chi connectivity index (χ0n) is 15.3. The highest BCUT2D eigenvalue weighted by Gasteiger charge is 2.53. The van der Waals surface area contributed by atoms with Gasteiger partial charge in [-0.3, -0.25) is 4.79 Å². The van der Waals surface area contributed by atoms with Crippen molar-refractivity contribution in [1.29, 1.82) is 0 Å². The summed E-state index contributed by atoms with van der Waals surface area (Å²) in [5.41, 5.74) is 0.577. The van der Waals surface area contributed by atoms with E-state index in [4.69, 9.17) is 4.74 Å². The predicted octanol–water partition coefficient (Wildman–Crippen LogP) is 2.68. The molecule has 3 rings (SSSR count). The molecule has 6 nitrogen and oxygen atoms in total. The number of hydrogen-bond donors (Lipinski definition) is 0. The second kappa shape index (κ2) is 6.17. The number of ether oxygens (including phenoxy) is 1. The van der Waals surface area contributed by atoms with Gasteiger partial charge in [0.15, 0.2) is 0 Å². The van der Waals surface area contributed by atoms with Crippen molar-refractivity contribution in [3.05, 3.63) is 35.9 Å². The van der Waals surface area contributed by atoms with Crippen molar-refractivity contribution in [2.45, 2.75) is 39.2 Å². The van der Waals surface area contributed by atoms with E-state index in [1.165, 1.54) is 5.01 Å². The third kappa shape index (κ3) is 3.38. The molecular formula is C19H25N3O3. The van der Waals surface area contributed by atoms with Gasteiger partial charge < -0.3 is 9.64 Å². The Morgan fingerprint density at radius 3 is 2.60 bits per heavy atom. The fraction of sp³-hybridized carbons (Fsp3) is 0.526. The summed E-state index contributed by atoms with van der Waals surface area (Å²) in [5.74, 6) is -0.0559. The number of piperidine rings is 1. The quantitative estimate of drug-likeness (QED) is 0.829. The SMILES string of the molecule is CN1N=C2CCN(C(=O)OC(C)(C)C)C[C@]2(Cc2ccccc2)C1=O. The van der Waals surface area contributed by atoms with Gasteiger partial charge in [0.25, 0.3) is 5.91 Å². The van der Waals surface area contributed by atoms with E-state index in [-0.39, 0.29) is 12.0 Å². The van der Waals surface area contributed by atoms with E-state index < -0.39 is 11.0 Å². The number of rotatable bonds is 2. The minimum Gasteiger partial charge on any atom is -0.444 e. The monoisotopic (exact) mass is 343 g/mol. The van der Waals surface area contributed by atoms with Crippen LogP contribution in [0.2, 0.25) is 0 Å². The highest BCUT2D eigenvalue weighted by atomic mass is 16.6. The number of fused-ring (bicyclic) bond motifs is 1. The molecule has 1 aromatic carbocycles. The van der Waals surface area contributed by atoms with E-state index in [1.807, 2.05) is 51.1 Å². The molecule has 0 radical (unpaired) electrons. The Balaban J connectivity index is 1.88. The summed E-state index contributed by atoms with van der Waals surface area (Å²) in [6.07, 6.45) is 0.749. The first-order valence-corrected chi connectivity index (χ1v) is 8.59. The lowest BCUT2D eigenvalue weighted by Gasteiger charge is -2.39. The van der Waals surface area contributed by atoms with Crippen LogP contribution in [0.15, 0.2) is 35.4 Å². The molecule has 0 aliphatic carbocycles. The second-order valence-corrected chi connectivity index (χ2v) is 7.77. The smallest absolute Gasteiger partial charge is 0.410 e. The normalized spacial score (nSPS) is 23.4. The van der Waals surface area contributed by atoms with Crippen LogP contribution < -0.4 is 0 Å². The Morgan fingerprint density at radius 2 is 1.96 bits per heavy atom. The summed E-state index contributed by atoms with van der Waals surface area (Å²) >= 11 is 0. The van der Waals surface area contributed by atoms with Gasteiger partial charge in [0, 0.05) is 26.6 Å². The highest BCUT2D eigenvalue weighted by Crippen LogP contribution is 2.38. The third-order valence-electron chi connectivity index (χ3n) is 4.61. The van der Waals surface area contributed by atoms with Crippen molar-refractivity contribution in [3.8, 4) is 0 Å². The standard InChI is InChI=1S/C19H25N3O3/c1-18(2,3)25-17(24)22-11-10-15-19(13-22,16(23)21(4)20-15)12-14-8-6-5-7-9-14/h5-9H,10-13H2,1-4H3/t19-/m0/s1. The Labute approximate surface area is 148 Å². The number of carbonyl (C=O) groups excluding carboxylic acids is 2. The van der Waals surface area contributed by atoms with Crippen LogP contribution in [0, 0.1) is 5.41 Å². The van der Waals surface area contributed by atoms with Crippen LogP contribution >= 0.6 is 0 Å². The molecule has 2 aliphatic heterocycles. The van der Waals surface area contributed by atoms with Crippen molar-refractivity contribution >= 4 is 17.7 Å². The van der Waals surface area contributed by atoms with Gasteiger partial charge >= 0.3 is 6.09 Å². The lowest BCUT2D eigenvalue weighted by molar-refractivity contribution is -0.135. The average molecular weight is 343 g/mol. The first kappa shape index (κ1) is 17.5. The number of amides is 2. The van der Waals surface area contributed by atoms with Crippen molar-refractivity contribution in [2.24, 2.45) is 10.5 Å². The van der Waals surface area contributed by atoms with E-state index in [9.17, 15) is 9.59 Å². The van der Waals surface area contributed by atoms with Crippen LogP contribution in [-0.4, -0.2) is 53.4 Å². The molecule has 0 N–H and O–H groups in total. The summed E-state index contributed by atoms with van der Waals surface area (Å²) in [6.45, 7) is 6.35. The number of nitrogens with zero attached hydrogens (tertiary/aromatic N) is 3. The molecule has 0 bridgehead atoms. The lowest BCUT2D eigenvalue weighted by Crippen LogP contribution is -2.56. The largest absolute Gasteiger partial charge is 0.444 e. The molecule has 134 valence electrons. The van der Waals surface area contributed by atoms with Gasteiger partial charge in [-0.1, -0.05) is 30.3 Å². The molecule has 0 aromatic heterocycles. The molecule has 1 aromatic rings. The van der Waals surface area contributed by atoms with Gasteiger partial charge in [-0.25, -0.2) is 9.80 Å². The maximum Gasteiger partial charge on any atom is 0.410 e. The molecule has 25 heavy (non-hydrogen) atoms. The average Bonchev–Trinajstić information content (AvgIpc) is 2.78. The summed E-state index contributed by atoms with van der Waals surface area (Å²) in [7, 11) is 1.68. The first-order valence-electron chi connectivity index (χ1n) is 8.59. The van der Waals surface area contributed by atoms with E-state index in [0.717, 1.165) is 11.3 Å². The fourth-order valence-corrected chi connectivity index (χ4v) is 3.51. The van der Waals surface area contributed by atoms with E-state index >= 15 is 0 Å².